The van der Waals surface area contributed by atoms with Gasteiger partial charge in [-0.15, -0.1) is 5.10 Å². The van der Waals surface area contributed by atoms with Crippen molar-refractivity contribution < 1.29 is 4.74 Å². The van der Waals surface area contributed by atoms with E-state index in [-0.39, 0.29) is 11.4 Å². The summed E-state index contributed by atoms with van der Waals surface area (Å²) in [5.74, 6) is 0. The van der Waals surface area contributed by atoms with Gasteiger partial charge in [-0.05, 0) is 42.2 Å². The van der Waals surface area contributed by atoms with Gasteiger partial charge in [0, 0.05) is 6.61 Å². The Bertz CT molecular complexity index is 673. The highest BCUT2D eigenvalue weighted by Crippen LogP contribution is 2.24. The van der Waals surface area contributed by atoms with Crippen LogP contribution in [0.3, 0.4) is 0 Å². The van der Waals surface area contributed by atoms with E-state index in [1.807, 2.05) is 0 Å². The smallest absolute Gasteiger partial charge is 0.210 e. The molecule has 120 valence electrons. The Morgan fingerprint density at radius 2 is 2.26 bits per heavy atom. The number of aromatic nitrogens is 4. The van der Waals surface area contributed by atoms with Crippen molar-refractivity contribution >= 4 is 11.8 Å². The lowest BCUT2D eigenvalue weighted by Gasteiger charge is -2.12. The second-order valence-electron chi connectivity index (χ2n) is 5.70. The SMILES string of the molecule is Cc1ccc(C[C@H](C#N)Sc2nnnn2C[C@H]2CCCO2)cc1. The highest BCUT2D eigenvalue weighted by atomic mass is 32.2. The lowest BCUT2D eigenvalue weighted by molar-refractivity contribution is 0.0912. The molecule has 0 aliphatic carbocycles. The summed E-state index contributed by atoms with van der Waals surface area (Å²) in [6.45, 7) is 3.51. The van der Waals surface area contributed by atoms with Gasteiger partial charge in [0.05, 0.1) is 18.7 Å². The molecule has 2 atom stereocenters. The fourth-order valence-electron chi connectivity index (χ4n) is 2.56. The van der Waals surface area contributed by atoms with Crippen LogP contribution in [0.15, 0.2) is 29.4 Å². The molecule has 0 amide bonds. The Labute approximate surface area is 139 Å². The summed E-state index contributed by atoms with van der Waals surface area (Å²) in [6.07, 6.45) is 2.97. The fraction of sp³-hybridized carbons (Fsp3) is 0.500. The molecule has 2 aromatic rings. The Balaban J connectivity index is 1.63. The van der Waals surface area contributed by atoms with Crippen molar-refractivity contribution in [2.75, 3.05) is 6.61 Å². The molecule has 0 radical (unpaired) electrons. The standard InChI is InChI=1S/C16H19N5OS/c1-12-4-6-13(7-5-12)9-15(10-17)23-16-18-19-20-21(16)11-14-3-2-8-22-14/h4-7,14-15H,2-3,8-9,11H2,1H3/t14-,15-/m1/s1. The molecule has 6 nitrogen and oxygen atoms in total. The number of rotatable bonds is 6. The van der Waals surface area contributed by atoms with E-state index in [2.05, 4.69) is 52.8 Å². The summed E-state index contributed by atoms with van der Waals surface area (Å²) >= 11 is 1.41. The molecular formula is C16H19N5OS. The number of nitrogens with zero attached hydrogens (tertiary/aromatic N) is 5. The van der Waals surface area contributed by atoms with Crippen LogP contribution >= 0.6 is 11.8 Å². The van der Waals surface area contributed by atoms with E-state index >= 15 is 0 Å². The van der Waals surface area contributed by atoms with Gasteiger partial charge in [-0.2, -0.15) is 5.26 Å². The highest BCUT2D eigenvalue weighted by Gasteiger charge is 2.21. The first-order valence-corrected chi connectivity index (χ1v) is 8.62. The van der Waals surface area contributed by atoms with Gasteiger partial charge in [-0.25, -0.2) is 4.68 Å². The van der Waals surface area contributed by atoms with Crippen LogP contribution in [0.1, 0.15) is 24.0 Å². The molecule has 1 aliphatic heterocycles. The first kappa shape index (κ1) is 16.0. The van der Waals surface area contributed by atoms with Crippen LogP contribution < -0.4 is 0 Å². The minimum absolute atomic E-state index is 0.176. The Hall–Kier alpha value is -1.91. The number of thioether (sulfide) groups is 1. The molecule has 0 spiro atoms. The molecular weight excluding hydrogens is 310 g/mol. The van der Waals surface area contributed by atoms with Gasteiger partial charge in [0.1, 0.15) is 5.25 Å². The summed E-state index contributed by atoms with van der Waals surface area (Å²) < 4.78 is 7.38. The third-order valence-electron chi connectivity index (χ3n) is 3.83. The topological polar surface area (TPSA) is 76.6 Å². The molecule has 1 aromatic carbocycles. The van der Waals surface area contributed by atoms with Crippen LogP contribution in [0, 0.1) is 18.3 Å². The van der Waals surface area contributed by atoms with Gasteiger partial charge in [0.25, 0.3) is 0 Å². The lowest BCUT2D eigenvalue weighted by atomic mass is 10.1. The minimum atomic E-state index is -0.216. The van der Waals surface area contributed by atoms with Crippen molar-refractivity contribution in [1.82, 2.24) is 20.2 Å². The predicted octanol–water partition coefficient (Wildman–Crippen LogP) is 2.39. The number of hydrogen-bond acceptors (Lipinski definition) is 6. The van der Waals surface area contributed by atoms with E-state index in [0.29, 0.717) is 18.1 Å². The van der Waals surface area contributed by atoms with Gasteiger partial charge < -0.3 is 4.74 Å². The van der Waals surface area contributed by atoms with Gasteiger partial charge in [-0.3, -0.25) is 0 Å². The summed E-state index contributed by atoms with van der Waals surface area (Å²) in [7, 11) is 0. The molecule has 1 fully saturated rings. The van der Waals surface area contributed by atoms with Crippen LogP contribution in [-0.4, -0.2) is 38.2 Å². The van der Waals surface area contributed by atoms with E-state index in [9.17, 15) is 5.26 Å². The quantitative estimate of drug-likeness (QED) is 0.757. The zero-order chi connectivity index (χ0) is 16.1. The van der Waals surface area contributed by atoms with Crippen molar-refractivity contribution in [3.05, 3.63) is 35.4 Å². The summed E-state index contributed by atoms with van der Waals surface area (Å²) in [6, 6.07) is 10.6. The average molecular weight is 329 g/mol. The number of tetrazole rings is 1. The number of hydrogen-bond donors (Lipinski definition) is 0. The van der Waals surface area contributed by atoms with Crippen molar-refractivity contribution in [2.24, 2.45) is 0 Å². The van der Waals surface area contributed by atoms with Crippen molar-refractivity contribution in [3.8, 4) is 6.07 Å². The Morgan fingerprint density at radius 3 is 2.96 bits per heavy atom. The first-order chi connectivity index (χ1) is 11.2. The molecule has 0 saturated carbocycles. The third kappa shape index (κ3) is 4.30. The molecule has 1 aliphatic rings. The van der Waals surface area contributed by atoms with E-state index in [4.69, 9.17) is 4.74 Å². The second-order valence-corrected chi connectivity index (χ2v) is 6.87. The van der Waals surface area contributed by atoms with Gasteiger partial charge in [0.15, 0.2) is 0 Å². The normalized spacial score (nSPS) is 18.7. The summed E-state index contributed by atoms with van der Waals surface area (Å²) in [4.78, 5) is 0. The van der Waals surface area contributed by atoms with E-state index in [0.717, 1.165) is 25.0 Å². The van der Waals surface area contributed by atoms with Crippen LogP contribution in [0.25, 0.3) is 0 Å². The van der Waals surface area contributed by atoms with Gasteiger partial charge in [-0.1, -0.05) is 41.6 Å². The molecule has 7 heteroatoms. The lowest BCUT2D eigenvalue weighted by Crippen LogP contribution is -2.17. The zero-order valence-corrected chi connectivity index (χ0v) is 13.9. The molecule has 3 rings (SSSR count). The predicted molar refractivity (Wildman–Crippen MR) is 86.9 cm³/mol. The maximum Gasteiger partial charge on any atom is 0.210 e. The zero-order valence-electron chi connectivity index (χ0n) is 13.1. The summed E-state index contributed by atoms with van der Waals surface area (Å²) in [5.41, 5.74) is 2.36. The van der Waals surface area contributed by atoms with Crippen LogP contribution in [0.4, 0.5) is 0 Å². The van der Waals surface area contributed by atoms with E-state index in [1.165, 1.54) is 17.3 Å². The van der Waals surface area contributed by atoms with Crippen LogP contribution in [0.5, 0.6) is 0 Å². The highest BCUT2D eigenvalue weighted by molar-refractivity contribution is 8.00. The fourth-order valence-corrected chi connectivity index (χ4v) is 3.46. The molecule has 0 N–H and O–H groups in total. The van der Waals surface area contributed by atoms with Gasteiger partial charge in [0.2, 0.25) is 5.16 Å². The Morgan fingerprint density at radius 1 is 1.43 bits per heavy atom. The molecule has 23 heavy (non-hydrogen) atoms. The van der Waals surface area contributed by atoms with Crippen molar-refractivity contribution in [1.29, 1.82) is 5.26 Å². The first-order valence-electron chi connectivity index (χ1n) is 7.74. The molecule has 0 bridgehead atoms. The van der Waals surface area contributed by atoms with E-state index in [1.54, 1.807) is 4.68 Å². The van der Waals surface area contributed by atoms with Gasteiger partial charge >= 0.3 is 0 Å². The second kappa shape index (κ2) is 7.57. The number of ether oxygens (including phenoxy) is 1. The third-order valence-corrected chi connectivity index (χ3v) is 4.89. The van der Waals surface area contributed by atoms with Crippen molar-refractivity contribution in [3.63, 3.8) is 0 Å². The number of benzene rings is 1. The molecule has 0 unspecified atom stereocenters. The minimum Gasteiger partial charge on any atom is -0.376 e. The van der Waals surface area contributed by atoms with Crippen LogP contribution in [-0.2, 0) is 17.7 Å². The maximum absolute atomic E-state index is 9.44. The monoisotopic (exact) mass is 329 g/mol. The largest absolute Gasteiger partial charge is 0.376 e. The van der Waals surface area contributed by atoms with Crippen molar-refractivity contribution in [2.45, 2.75) is 49.2 Å². The van der Waals surface area contributed by atoms with Crippen LogP contribution in [0.2, 0.25) is 0 Å². The molecule has 1 saturated heterocycles. The number of aryl methyl sites for hydroxylation is 1. The average Bonchev–Trinajstić information content (AvgIpc) is 3.22. The Kier molecular flexibility index (Phi) is 5.26. The number of nitriles is 1. The summed E-state index contributed by atoms with van der Waals surface area (Å²) in [5, 5.41) is 21.7. The maximum atomic E-state index is 9.44. The molecule has 1 aromatic heterocycles. The molecule has 2 heterocycles. The van der Waals surface area contributed by atoms with E-state index < -0.39 is 0 Å².